The minimum absolute atomic E-state index is 0.0893. The number of aromatic amines is 1. The molecule has 2 unspecified atom stereocenters. The van der Waals surface area contributed by atoms with Crippen molar-refractivity contribution in [2.75, 3.05) is 10.6 Å². The van der Waals surface area contributed by atoms with Gasteiger partial charge in [-0.25, -0.2) is 9.59 Å². The molecule has 0 saturated heterocycles. The first-order valence-corrected chi connectivity index (χ1v) is 21.0. The van der Waals surface area contributed by atoms with Crippen LogP contribution in [0, 0.1) is 11.3 Å². The molecule has 67 heavy (non-hydrogen) atoms. The Bertz CT molecular complexity index is 3400. The number of nitrogens with one attached hydrogen (secondary N) is 3. The molecule has 328 valence electrons. The van der Waals surface area contributed by atoms with Gasteiger partial charge in [0, 0.05) is 17.0 Å². The lowest BCUT2D eigenvalue weighted by Gasteiger charge is -2.28. The zero-order valence-electron chi connectivity index (χ0n) is 35.8. The van der Waals surface area contributed by atoms with E-state index in [2.05, 4.69) is 68.4 Å². The minimum Gasteiger partial charge on any atom is -0.457 e. The quantitative estimate of drug-likeness (QED) is 0.127. The average Bonchev–Trinajstić information content (AvgIpc) is 4.18. The van der Waals surface area contributed by atoms with Crippen LogP contribution in [0.1, 0.15) is 53.7 Å². The molecule has 19 heteroatoms. The number of benzene rings is 6. The van der Waals surface area contributed by atoms with Crippen molar-refractivity contribution >= 4 is 45.4 Å². The van der Waals surface area contributed by atoms with Crippen LogP contribution < -0.4 is 10.6 Å². The van der Waals surface area contributed by atoms with Crippen molar-refractivity contribution in [2.24, 2.45) is 0 Å². The Balaban J connectivity index is 0.000000157. The molecule has 0 spiro atoms. The Hall–Kier alpha value is -9.44. The molecule has 6 aromatic carbocycles. The van der Waals surface area contributed by atoms with Gasteiger partial charge in [0.25, 0.3) is 0 Å². The highest BCUT2D eigenvalue weighted by Gasteiger charge is 2.37. The Kier molecular flexibility index (Phi) is 11.1. The summed E-state index contributed by atoms with van der Waals surface area (Å²) in [5.74, 6) is 0.519. The molecule has 0 saturated carbocycles. The first-order chi connectivity index (χ1) is 32.8. The molecule has 0 amide bonds. The van der Waals surface area contributed by atoms with Gasteiger partial charge in [0.2, 0.25) is 17.7 Å². The van der Waals surface area contributed by atoms with E-state index in [4.69, 9.17) is 14.7 Å². The number of tetrazole rings is 3. The summed E-state index contributed by atoms with van der Waals surface area (Å²) in [7, 11) is 0. The van der Waals surface area contributed by atoms with Crippen molar-refractivity contribution in [1.82, 2.24) is 61.0 Å². The SMILES string of the molecule is CC1=C(C(=O)OCc2ccc(-c3nn[nH]n3)cc2)C(c2cccc3ccccc23)n2nnnc2N1.CC1=C(C(=O)OCc2ccc(C#N)cc2)C(c2cccc3ccccc23)n2nnnc2N1. The summed E-state index contributed by atoms with van der Waals surface area (Å²) in [6.07, 6.45) is 0. The molecule has 3 aromatic heterocycles. The third-order valence-corrected chi connectivity index (χ3v) is 11.5. The van der Waals surface area contributed by atoms with Crippen molar-refractivity contribution in [2.45, 2.75) is 39.1 Å². The summed E-state index contributed by atoms with van der Waals surface area (Å²) >= 11 is 0. The Labute approximate surface area is 380 Å². The van der Waals surface area contributed by atoms with Gasteiger partial charge in [0.1, 0.15) is 25.3 Å². The summed E-state index contributed by atoms with van der Waals surface area (Å²) in [6, 6.07) is 43.3. The van der Waals surface area contributed by atoms with E-state index in [0.717, 1.165) is 49.4 Å². The van der Waals surface area contributed by atoms with Crippen LogP contribution in [0.5, 0.6) is 0 Å². The number of anilines is 2. The van der Waals surface area contributed by atoms with Gasteiger partial charge in [0.15, 0.2) is 0 Å². The van der Waals surface area contributed by atoms with Gasteiger partial charge < -0.3 is 20.1 Å². The number of carbonyl (C=O) groups excluding carboxylic acids is 2. The smallest absolute Gasteiger partial charge is 0.338 e. The Morgan fingerprint density at radius 1 is 0.612 bits per heavy atom. The summed E-state index contributed by atoms with van der Waals surface area (Å²) in [6.45, 7) is 3.83. The van der Waals surface area contributed by atoms with E-state index in [-0.39, 0.29) is 13.2 Å². The molecular formula is C48H37N15O4. The number of ether oxygens (including phenoxy) is 2. The number of allylic oxidation sites excluding steroid dienone is 2. The number of hydrogen-bond acceptors (Lipinski definition) is 16. The molecule has 0 radical (unpaired) electrons. The van der Waals surface area contributed by atoms with E-state index in [1.54, 1.807) is 33.6 Å². The number of hydrogen-bond donors (Lipinski definition) is 3. The average molecular weight is 888 g/mol. The number of H-pyrrole nitrogens is 1. The van der Waals surface area contributed by atoms with Crippen molar-refractivity contribution in [3.63, 3.8) is 0 Å². The molecule has 11 rings (SSSR count). The number of esters is 2. The topological polar surface area (TPSA) is 242 Å². The number of rotatable bonds is 9. The normalized spacial score (nSPS) is 15.1. The van der Waals surface area contributed by atoms with Crippen LogP contribution in [0.25, 0.3) is 32.9 Å². The van der Waals surface area contributed by atoms with Gasteiger partial charge in [-0.3, -0.25) is 0 Å². The van der Waals surface area contributed by atoms with Gasteiger partial charge in [-0.2, -0.15) is 19.8 Å². The lowest BCUT2D eigenvalue weighted by atomic mass is 9.91. The molecule has 0 aliphatic carbocycles. The highest BCUT2D eigenvalue weighted by atomic mass is 16.5. The fourth-order valence-electron chi connectivity index (χ4n) is 8.27. The Morgan fingerprint density at radius 3 is 1.57 bits per heavy atom. The predicted octanol–water partition coefficient (Wildman–Crippen LogP) is 6.77. The zero-order chi connectivity index (χ0) is 45.9. The van der Waals surface area contributed by atoms with Crippen molar-refractivity contribution < 1.29 is 19.1 Å². The largest absolute Gasteiger partial charge is 0.457 e. The molecular weight excluding hydrogens is 851 g/mol. The van der Waals surface area contributed by atoms with Crippen LogP contribution in [0.4, 0.5) is 11.9 Å². The van der Waals surface area contributed by atoms with Crippen LogP contribution in [-0.4, -0.2) is 73.0 Å². The first-order valence-electron chi connectivity index (χ1n) is 21.0. The molecule has 2 atom stereocenters. The summed E-state index contributed by atoms with van der Waals surface area (Å²) in [4.78, 5) is 26.8. The van der Waals surface area contributed by atoms with E-state index in [1.165, 1.54) is 0 Å². The van der Waals surface area contributed by atoms with Crippen molar-refractivity contribution in [3.05, 3.63) is 184 Å². The molecule has 5 heterocycles. The molecule has 2 aliphatic rings. The van der Waals surface area contributed by atoms with E-state index in [1.807, 2.05) is 123 Å². The second-order valence-corrected chi connectivity index (χ2v) is 15.6. The monoisotopic (exact) mass is 887 g/mol. The maximum absolute atomic E-state index is 13.5. The minimum atomic E-state index is -0.541. The van der Waals surface area contributed by atoms with Gasteiger partial charge in [0.05, 0.1) is 22.8 Å². The van der Waals surface area contributed by atoms with Gasteiger partial charge in [-0.1, -0.05) is 132 Å². The van der Waals surface area contributed by atoms with Crippen LogP contribution in [0.2, 0.25) is 0 Å². The second kappa shape index (κ2) is 18.0. The van der Waals surface area contributed by atoms with E-state index < -0.39 is 24.0 Å². The number of fused-ring (bicyclic) bond motifs is 4. The standard InChI is InChI=1S/C24H19N9O2.C24H18N6O2/c1-14-20(23(34)35-13-15-9-11-17(12-10-15)22-26-29-30-27-22)21(33-24(25-14)28-31-32-33)19-8-4-6-16-5-2-3-7-18(16)19;1-15-21(23(31)32-14-17-11-9-16(13-25)10-12-17)22(30-24(26-15)27-28-29-30)20-8-4-6-18-5-2-3-7-19(18)20/h2-12,21H,13H2,1H3,(H,25,28,32)(H,26,27,29,30);2-12,22H,14H2,1H3,(H,26,27,29). The van der Waals surface area contributed by atoms with Crippen LogP contribution in [-0.2, 0) is 32.3 Å². The summed E-state index contributed by atoms with van der Waals surface area (Å²) in [5, 5.41) is 57.3. The van der Waals surface area contributed by atoms with Crippen molar-refractivity contribution in [3.8, 4) is 17.5 Å². The fourth-order valence-corrected chi connectivity index (χ4v) is 8.27. The molecule has 0 fully saturated rings. The van der Waals surface area contributed by atoms with Crippen molar-refractivity contribution in [1.29, 1.82) is 5.26 Å². The maximum Gasteiger partial charge on any atom is 0.338 e. The first kappa shape index (κ1) is 41.6. The summed E-state index contributed by atoms with van der Waals surface area (Å²) in [5.41, 5.74) is 6.97. The molecule has 2 aliphatic heterocycles. The Morgan fingerprint density at radius 2 is 1.09 bits per heavy atom. The number of nitrogens with zero attached hydrogens (tertiary/aromatic N) is 12. The van der Waals surface area contributed by atoms with Crippen LogP contribution >= 0.6 is 0 Å². The van der Waals surface area contributed by atoms with Gasteiger partial charge in [-0.15, -0.1) is 10.2 Å². The van der Waals surface area contributed by atoms with Gasteiger partial charge >= 0.3 is 11.9 Å². The molecule has 0 bridgehead atoms. The van der Waals surface area contributed by atoms with E-state index >= 15 is 0 Å². The summed E-state index contributed by atoms with van der Waals surface area (Å²) < 4.78 is 14.6. The third kappa shape index (κ3) is 8.17. The van der Waals surface area contributed by atoms with Crippen LogP contribution in [0.3, 0.4) is 0 Å². The van der Waals surface area contributed by atoms with Gasteiger partial charge in [-0.05, 0) is 95.8 Å². The second-order valence-electron chi connectivity index (χ2n) is 15.6. The molecule has 19 nitrogen and oxygen atoms in total. The highest BCUT2D eigenvalue weighted by molar-refractivity contribution is 5.96. The molecule has 9 aromatic rings. The van der Waals surface area contributed by atoms with E-state index in [9.17, 15) is 9.59 Å². The third-order valence-electron chi connectivity index (χ3n) is 11.5. The van der Waals surface area contributed by atoms with Crippen LogP contribution in [0.15, 0.2) is 156 Å². The number of nitriles is 1. The lowest BCUT2D eigenvalue weighted by molar-refractivity contribution is -0.141. The number of carbonyl (C=O) groups is 2. The predicted molar refractivity (Wildman–Crippen MR) is 243 cm³/mol. The lowest BCUT2D eigenvalue weighted by Crippen LogP contribution is -2.29. The van der Waals surface area contributed by atoms with E-state index in [0.29, 0.717) is 45.8 Å². The maximum atomic E-state index is 13.5. The fraction of sp³-hybridized carbons (Fsp3) is 0.125. The zero-order valence-corrected chi connectivity index (χ0v) is 35.8. The number of aromatic nitrogens is 12. The molecule has 3 N–H and O–H groups in total. The highest BCUT2D eigenvalue weighted by Crippen LogP contribution is 2.40.